The van der Waals surface area contributed by atoms with Crippen molar-refractivity contribution < 1.29 is 5.11 Å². The molecule has 2 aromatic heterocycles. The predicted octanol–water partition coefficient (Wildman–Crippen LogP) is 2.07. The third-order valence-corrected chi connectivity index (χ3v) is 4.80. The number of nitrogens with one attached hydrogen (secondary N) is 1. The van der Waals surface area contributed by atoms with Crippen LogP contribution in [0.5, 0.6) is 0 Å². The number of H-pyrrole nitrogens is 1. The summed E-state index contributed by atoms with van der Waals surface area (Å²) in [6.45, 7) is 5.41. The SMILES string of the molecule is Cc1nc2ccccc2c(N2CCC(O)(c3cn[nH]n3)C2)c1C. The number of fused-ring (bicyclic) bond motifs is 1. The van der Waals surface area contributed by atoms with Crippen LogP contribution in [-0.4, -0.2) is 38.6 Å². The third kappa shape index (κ3) is 2.17. The fourth-order valence-corrected chi connectivity index (χ4v) is 3.44. The molecule has 0 amide bonds. The minimum Gasteiger partial charge on any atom is -0.381 e. The first-order chi connectivity index (χ1) is 11.1. The van der Waals surface area contributed by atoms with E-state index in [1.165, 1.54) is 0 Å². The molecule has 1 unspecified atom stereocenters. The molecule has 0 saturated carbocycles. The molecule has 118 valence electrons. The lowest BCUT2D eigenvalue weighted by molar-refractivity contribution is 0.0560. The lowest BCUT2D eigenvalue weighted by Crippen LogP contribution is -2.31. The molecule has 0 bridgehead atoms. The van der Waals surface area contributed by atoms with Crippen LogP contribution >= 0.6 is 0 Å². The van der Waals surface area contributed by atoms with Crippen LogP contribution in [0.15, 0.2) is 30.5 Å². The van der Waals surface area contributed by atoms with E-state index in [0.29, 0.717) is 18.7 Å². The number of hydrogen-bond donors (Lipinski definition) is 2. The van der Waals surface area contributed by atoms with Crippen molar-refractivity contribution >= 4 is 16.6 Å². The third-order valence-electron chi connectivity index (χ3n) is 4.80. The number of aromatic nitrogens is 4. The van der Waals surface area contributed by atoms with Gasteiger partial charge in [-0.15, -0.1) is 0 Å². The normalized spacial score (nSPS) is 21.3. The first-order valence-electron chi connectivity index (χ1n) is 7.78. The molecular formula is C17H19N5O. The van der Waals surface area contributed by atoms with Gasteiger partial charge in [-0.2, -0.15) is 15.4 Å². The van der Waals surface area contributed by atoms with E-state index < -0.39 is 5.60 Å². The Labute approximate surface area is 134 Å². The van der Waals surface area contributed by atoms with Crippen molar-refractivity contribution in [3.63, 3.8) is 0 Å². The minimum absolute atomic E-state index is 0.508. The molecule has 6 heteroatoms. The molecule has 4 rings (SSSR count). The molecule has 2 N–H and O–H groups in total. The van der Waals surface area contributed by atoms with E-state index in [4.69, 9.17) is 0 Å². The Balaban J connectivity index is 1.80. The van der Waals surface area contributed by atoms with Crippen molar-refractivity contribution in [1.29, 1.82) is 0 Å². The van der Waals surface area contributed by atoms with Gasteiger partial charge >= 0.3 is 0 Å². The van der Waals surface area contributed by atoms with E-state index in [9.17, 15) is 5.11 Å². The fourth-order valence-electron chi connectivity index (χ4n) is 3.44. The summed E-state index contributed by atoms with van der Waals surface area (Å²) in [5, 5.41) is 22.6. The van der Waals surface area contributed by atoms with Crippen molar-refractivity contribution in [2.24, 2.45) is 0 Å². The quantitative estimate of drug-likeness (QED) is 0.757. The van der Waals surface area contributed by atoms with Gasteiger partial charge in [0.25, 0.3) is 0 Å². The van der Waals surface area contributed by atoms with Crippen molar-refractivity contribution in [3.8, 4) is 0 Å². The predicted molar refractivity (Wildman–Crippen MR) is 88.3 cm³/mol. The highest BCUT2D eigenvalue weighted by atomic mass is 16.3. The molecule has 3 heterocycles. The number of benzene rings is 1. The van der Waals surface area contributed by atoms with Gasteiger partial charge in [0.2, 0.25) is 0 Å². The minimum atomic E-state index is -0.961. The van der Waals surface area contributed by atoms with Crippen LogP contribution in [0.4, 0.5) is 5.69 Å². The molecule has 1 aliphatic rings. The van der Waals surface area contributed by atoms with E-state index in [1.807, 2.05) is 25.1 Å². The molecule has 23 heavy (non-hydrogen) atoms. The molecule has 0 aliphatic carbocycles. The Morgan fingerprint density at radius 1 is 1.26 bits per heavy atom. The maximum atomic E-state index is 10.9. The summed E-state index contributed by atoms with van der Waals surface area (Å²) in [6, 6.07) is 8.16. The maximum absolute atomic E-state index is 10.9. The molecule has 6 nitrogen and oxygen atoms in total. The zero-order valence-corrected chi connectivity index (χ0v) is 13.2. The number of pyridine rings is 1. The summed E-state index contributed by atoms with van der Waals surface area (Å²) in [4.78, 5) is 6.91. The number of hydrogen-bond acceptors (Lipinski definition) is 5. The van der Waals surface area contributed by atoms with E-state index >= 15 is 0 Å². The number of anilines is 1. The molecule has 1 saturated heterocycles. The van der Waals surface area contributed by atoms with Crippen molar-refractivity contribution in [1.82, 2.24) is 20.4 Å². The van der Waals surface area contributed by atoms with Crippen molar-refractivity contribution in [3.05, 3.63) is 47.4 Å². The number of aryl methyl sites for hydroxylation is 1. The van der Waals surface area contributed by atoms with Gasteiger partial charge in [-0.1, -0.05) is 18.2 Å². The summed E-state index contributed by atoms with van der Waals surface area (Å²) in [7, 11) is 0. The second-order valence-electron chi connectivity index (χ2n) is 6.25. The monoisotopic (exact) mass is 309 g/mol. The summed E-state index contributed by atoms with van der Waals surface area (Å²) in [5.41, 5.74) is 3.98. The highest BCUT2D eigenvalue weighted by Gasteiger charge is 2.40. The van der Waals surface area contributed by atoms with Gasteiger partial charge in [-0.05, 0) is 25.5 Å². The Hall–Kier alpha value is -2.47. The Morgan fingerprint density at radius 3 is 2.87 bits per heavy atom. The zero-order valence-electron chi connectivity index (χ0n) is 13.2. The van der Waals surface area contributed by atoms with Crippen LogP contribution in [0.3, 0.4) is 0 Å². The Kier molecular flexibility index (Phi) is 3.09. The Morgan fingerprint density at radius 2 is 2.09 bits per heavy atom. The topological polar surface area (TPSA) is 77.9 Å². The van der Waals surface area contributed by atoms with Gasteiger partial charge in [0, 0.05) is 24.0 Å². The molecule has 0 spiro atoms. The van der Waals surface area contributed by atoms with Crippen LogP contribution in [0.25, 0.3) is 10.9 Å². The highest BCUT2D eigenvalue weighted by Crippen LogP contribution is 2.38. The lowest BCUT2D eigenvalue weighted by Gasteiger charge is -2.25. The van der Waals surface area contributed by atoms with Gasteiger partial charge < -0.3 is 10.0 Å². The summed E-state index contributed by atoms with van der Waals surface area (Å²) < 4.78 is 0. The van der Waals surface area contributed by atoms with Crippen LogP contribution in [-0.2, 0) is 5.60 Å². The summed E-state index contributed by atoms with van der Waals surface area (Å²) >= 11 is 0. The number of nitrogens with zero attached hydrogens (tertiary/aromatic N) is 4. The first kappa shape index (κ1) is 14.1. The number of aromatic amines is 1. The van der Waals surface area contributed by atoms with Gasteiger partial charge in [0.15, 0.2) is 0 Å². The van der Waals surface area contributed by atoms with Crippen LogP contribution in [0.1, 0.15) is 23.4 Å². The molecule has 1 fully saturated rings. The van der Waals surface area contributed by atoms with Crippen LogP contribution < -0.4 is 4.90 Å². The second kappa shape index (κ2) is 5.03. The molecular weight excluding hydrogens is 290 g/mol. The maximum Gasteiger partial charge on any atom is 0.129 e. The molecule has 1 atom stereocenters. The van der Waals surface area contributed by atoms with E-state index in [1.54, 1.807) is 6.20 Å². The van der Waals surface area contributed by atoms with Gasteiger partial charge in [0.05, 0.1) is 23.9 Å². The lowest BCUT2D eigenvalue weighted by atomic mass is 10.00. The largest absolute Gasteiger partial charge is 0.381 e. The summed E-state index contributed by atoms with van der Waals surface area (Å²) in [5.74, 6) is 0. The standard InChI is InChI=1S/C17H19N5O/c1-11-12(2)19-14-6-4-3-5-13(14)16(11)22-8-7-17(23,10-22)15-9-18-21-20-15/h3-6,9,23H,7-8,10H2,1-2H3,(H,18,20,21). The molecule has 1 aromatic carbocycles. The summed E-state index contributed by atoms with van der Waals surface area (Å²) in [6.07, 6.45) is 2.24. The average Bonchev–Trinajstić information content (AvgIpc) is 3.19. The highest BCUT2D eigenvalue weighted by molar-refractivity contribution is 5.94. The van der Waals surface area contributed by atoms with E-state index in [2.05, 4.69) is 38.3 Å². The van der Waals surface area contributed by atoms with Crippen LogP contribution in [0.2, 0.25) is 0 Å². The van der Waals surface area contributed by atoms with Crippen molar-refractivity contribution in [2.75, 3.05) is 18.0 Å². The molecule has 0 radical (unpaired) electrons. The van der Waals surface area contributed by atoms with Gasteiger partial charge in [0.1, 0.15) is 11.3 Å². The average molecular weight is 309 g/mol. The first-order valence-corrected chi connectivity index (χ1v) is 7.78. The number of aliphatic hydroxyl groups is 1. The number of β-amino-alcohol motifs (C(OH)–C–C–N with tert-alkyl or cyclic N) is 1. The number of rotatable bonds is 2. The number of para-hydroxylation sites is 1. The van der Waals surface area contributed by atoms with Crippen LogP contribution in [0, 0.1) is 13.8 Å². The smallest absolute Gasteiger partial charge is 0.129 e. The fraction of sp³-hybridized carbons (Fsp3) is 0.353. The van der Waals surface area contributed by atoms with Gasteiger partial charge in [-0.25, -0.2) is 0 Å². The van der Waals surface area contributed by atoms with E-state index in [0.717, 1.165) is 34.4 Å². The molecule has 3 aromatic rings. The second-order valence-corrected chi connectivity index (χ2v) is 6.25. The van der Waals surface area contributed by atoms with Gasteiger partial charge in [-0.3, -0.25) is 4.98 Å². The van der Waals surface area contributed by atoms with E-state index in [-0.39, 0.29) is 0 Å². The zero-order chi connectivity index (χ0) is 16.0. The van der Waals surface area contributed by atoms with Crippen molar-refractivity contribution in [2.45, 2.75) is 25.9 Å². The Bertz CT molecular complexity index is 861. The molecule has 1 aliphatic heterocycles.